The van der Waals surface area contributed by atoms with Crippen LogP contribution in [0.2, 0.25) is 0 Å². The molecule has 0 bridgehead atoms. The van der Waals surface area contributed by atoms with Gasteiger partial charge in [0, 0.05) is 31.4 Å². The van der Waals surface area contributed by atoms with Gasteiger partial charge in [-0.05, 0) is 77.3 Å². The zero-order valence-electron chi connectivity index (χ0n) is 30.5. The Morgan fingerprint density at radius 1 is 0.780 bits per heavy atom. The van der Waals surface area contributed by atoms with E-state index in [1.807, 2.05) is 27.7 Å². The van der Waals surface area contributed by atoms with Crippen LogP contribution in [0, 0.1) is 5.92 Å². The van der Waals surface area contributed by atoms with Gasteiger partial charge in [-0.2, -0.15) is 0 Å². The van der Waals surface area contributed by atoms with E-state index in [2.05, 4.69) is 46.9 Å². The van der Waals surface area contributed by atoms with Gasteiger partial charge in [0.05, 0.1) is 12.4 Å². The molecule has 0 aliphatic carbocycles. The van der Waals surface area contributed by atoms with Crippen LogP contribution < -0.4 is 49.1 Å². The molecular formula is C33H62N12O5. The highest BCUT2D eigenvalue weighted by atomic mass is 16.2. The summed E-state index contributed by atoms with van der Waals surface area (Å²) >= 11 is 0. The molecule has 0 aliphatic rings. The third-order valence-electron chi connectivity index (χ3n) is 7.75. The molecule has 1 aromatic heterocycles. The Kier molecular flexibility index (Phi) is 21.7. The minimum Gasteiger partial charge on any atom is -0.370 e. The normalized spacial score (nSPS) is 14.1. The van der Waals surface area contributed by atoms with E-state index < -0.39 is 47.9 Å². The predicted octanol–water partition coefficient (Wildman–Crippen LogP) is -0.966. The minimum absolute atomic E-state index is 0.00802. The first-order chi connectivity index (χ1) is 23.8. The molecule has 17 heteroatoms. The van der Waals surface area contributed by atoms with E-state index >= 15 is 0 Å². The number of aromatic nitrogens is 2. The van der Waals surface area contributed by atoms with Crippen molar-refractivity contribution < 1.29 is 24.0 Å². The fourth-order valence-corrected chi connectivity index (χ4v) is 5.00. The van der Waals surface area contributed by atoms with E-state index in [1.165, 1.54) is 12.5 Å². The summed E-state index contributed by atoms with van der Waals surface area (Å²) in [5, 5.41) is 17.1. The summed E-state index contributed by atoms with van der Waals surface area (Å²) < 4.78 is 0. The molecular weight excluding hydrogens is 644 g/mol. The Labute approximate surface area is 296 Å². The quantitative estimate of drug-likeness (QED) is 0.0320. The lowest BCUT2D eigenvalue weighted by molar-refractivity contribution is -0.135. The van der Waals surface area contributed by atoms with Gasteiger partial charge in [-0.25, -0.2) is 4.98 Å². The molecule has 0 spiro atoms. The number of nitrogens with zero attached hydrogens (tertiary/aromatic N) is 2. The monoisotopic (exact) mass is 706 g/mol. The standard InChI is InChI=1S/C33H62N12O5/c1-6-14-38-22(5)28(46)42-25(11-8-9-13-34)30(48)44-26(17-21(3)4)31(49)45-27(18-23-19-37-20-41-23)32(50)43-24(29(47)39-15-7-2)12-10-16-40-33(35)36/h19-22,24-27,38H,6-18,34H2,1-5H3,(H,37,41)(H,39,47)(H,42,46)(H,43,50)(H,44,48)(H,45,49)(H4,35,36,40)/t22-,24-,25-,26-,27-/m0/s1. The number of nitrogens with one attached hydrogen (secondary N) is 7. The van der Waals surface area contributed by atoms with E-state index in [0.717, 1.165) is 6.42 Å². The highest BCUT2D eigenvalue weighted by Crippen LogP contribution is 2.10. The third-order valence-corrected chi connectivity index (χ3v) is 7.75. The van der Waals surface area contributed by atoms with Crippen molar-refractivity contribution in [3.63, 3.8) is 0 Å². The number of guanidine groups is 1. The highest BCUT2D eigenvalue weighted by Gasteiger charge is 2.32. The van der Waals surface area contributed by atoms with E-state index in [4.69, 9.17) is 17.2 Å². The van der Waals surface area contributed by atoms with Gasteiger partial charge < -0.3 is 54.1 Å². The molecule has 50 heavy (non-hydrogen) atoms. The lowest BCUT2D eigenvalue weighted by Gasteiger charge is -2.27. The number of H-pyrrole nitrogens is 1. The maximum absolute atomic E-state index is 13.9. The average molecular weight is 707 g/mol. The molecule has 17 nitrogen and oxygen atoms in total. The molecule has 13 N–H and O–H groups in total. The largest absolute Gasteiger partial charge is 0.370 e. The van der Waals surface area contributed by atoms with Crippen LogP contribution in [0.25, 0.3) is 0 Å². The van der Waals surface area contributed by atoms with Crippen molar-refractivity contribution in [1.29, 1.82) is 0 Å². The molecule has 0 fully saturated rings. The summed E-state index contributed by atoms with van der Waals surface area (Å²) in [5.74, 6) is -2.48. The molecule has 5 amide bonds. The molecule has 0 saturated carbocycles. The van der Waals surface area contributed by atoms with Crippen LogP contribution in [-0.4, -0.2) is 102 Å². The molecule has 0 saturated heterocycles. The van der Waals surface area contributed by atoms with E-state index in [9.17, 15) is 24.0 Å². The lowest BCUT2D eigenvalue weighted by atomic mass is 10.0. The molecule has 0 radical (unpaired) electrons. The number of hydrogen-bond acceptors (Lipinski definition) is 9. The van der Waals surface area contributed by atoms with Gasteiger partial charge in [-0.3, -0.25) is 29.0 Å². The van der Waals surface area contributed by atoms with Crippen molar-refractivity contribution in [3.05, 3.63) is 18.2 Å². The van der Waals surface area contributed by atoms with Crippen LogP contribution in [0.5, 0.6) is 0 Å². The van der Waals surface area contributed by atoms with Crippen LogP contribution in [0.3, 0.4) is 0 Å². The van der Waals surface area contributed by atoms with E-state index in [1.54, 1.807) is 6.92 Å². The number of unbranched alkanes of at least 4 members (excludes halogenated alkanes) is 1. The molecule has 1 rings (SSSR count). The fraction of sp³-hybridized carbons (Fsp3) is 0.727. The Hall–Kier alpha value is -4.25. The second-order valence-corrected chi connectivity index (χ2v) is 12.9. The smallest absolute Gasteiger partial charge is 0.243 e. The molecule has 0 unspecified atom stereocenters. The van der Waals surface area contributed by atoms with Crippen LogP contribution in [0.4, 0.5) is 0 Å². The van der Waals surface area contributed by atoms with Gasteiger partial charge in [0.2, 0.25) is 29.5 Å². The first-order valence-electron chi connectivity index (χ1n) is 17.8. The Morgan fingerprint density at radius 3 is 1.96 bits per heavy atom. The lowest BCUT2D eigenvalue weighted by Crippen LogP contribution is -2.59. The van der Waals surface area contributed by atoms with E-state index in [-0.39, 0.29) is 49.5 Å². The summed E-state index contributed by atoms with van der Waals surface area (Å²) in [6.07, 6.45) is 7.09. The zero-order valence-corrected chi connectivity index (χ0v) is 30.5. The van der Waals surface area contributed by atoms with Crippen molar-refractivity contribution in [2.45, 2.75) is 123 Å². The number of amides is 5. The molecule has 5 atom stereocenters. The summed E-state index contributed by atoms with van der Waals surface area (Å²) in [4.78, 5) is 78.1. The molecule has 1 aromatic rings. The second-order valence-electron chi connectivity index (χ2n) is 12.9. The van der Waals surface area contributed by atoms with Crippen molar-refractivity contribution in [2.75, 3.05) is 26.2 Å². The van der Waals surface area contributed by atoms with Crippen LogP contribution in [0.1, 0.15) is 91.7 Å². The zero-order chi connectivity index (χ0) is 37.5. The third kappa shape index (κ3) is 17.9. The topological polar surface area (TPSA) is 277 Å². The molecule has 284 valence electrons. The number of nitrogens with two attached hydrogens (primary N) is 3. The van der Waals surface area contributed by atoms with Crippen molar-refractivity contribution in [3.8, 4) is 0 Å². The van der Waals surface area contributed by atoms with Gasteiger partial charge in [0.1, 0.15) is 24.2 Å². The van der Waals surface area contributed by atoms with Crippen LogP contribution in [0.15, 0.2) is 17.5 Å². The van der Waals surface area contributed by atoms with Crippen molar-refractivity contribution >= 4 is 35.5 Å². The van der Waals surface area contributed by atoms with Gasteiger partial charge >= 0.3 is 0 Å². The number of imidazole rings is 1. The van der Waals surface area contributed by atoms with Crippen LogP contribution in [-0.2, 0) is 30.4 Å². The van der Waals surface area contributed by atoms with Crippen molar-refractivity contribution in [2.24, 2.45) is 28.1 Å². The van der Waals surface area contributed by atoms with Gasteiger partial charge in [-0.15, -0.1) is 0 Å². The predicted molar refractivity (Wildman–Crippen MR) is 193 cm³/mol. The molecule has 1 heterocycles. The maximum atomic E-state index is 13.9. The summed E-state index contributed by atoms with van der Waals surface area (Å²) in [6.45, 7) is 11.2. The van der Waals surface area contributed by atoms with Crippen molar-refractivity contribution in [1.82, 2.24) is 41.9 Å². The average Bonchev–Trinajstić information content (AvgIpc) is 3.59. The number of aromatic amines is 1. The second kappa shape index (κ2) is 24.8. The van der Waals surface area contributed by atoms with Gasteiger partial charge in [0.25, 0.3) is 0 Å². The van der Waals surface area contributed by atoms with Gasteiger partial charge in [-0.1, -0.05) is 27.7 Å². The summed E-state index contributed by atoms with van der Waals surface area (Å²) in [7, 11) is 0. The first kappa shape index (κ1) is 43.8. The number of carbonyl (C=O) groups is 5. The number of carbonyl (C=O) groups excluding carboxylic acids is 5. The van der Waals surface area contributed by atoms with E-state index in [0.29, 0.717) is 57.4 Å². The Morgan fingerprint density at radius 2 is 1.36 bits per heavy atom. The number of aliphatic imine (C=N–C) groups is 1. The Balaban J connectivity index is 3.24. The first-order valence-corrected chi connectivity index (χ1v) is 17.8. The molecule has 0 aromatic carbocycles. The highest BCUT2D eigenvalue weighted by molar-refractivity contribution is 5.96. The SMILES string of the molecule is CCCNC(=O)[C@H](CCCN=C(N)N)NC(=O)[C@H](Cc1cnc[nH]1)NC(=O)[C@H](CC(C)C)NC(=O)[C@H](CCCCN)NC(=O)[C@H](C)NCCC. The Bertz CT molecular complexity index is 1190. The maximum Gasteiger partial charge on any atom is 0.243 e. The number of rotatable bonds is 26. The summed E-state index contributed by atoms with van der Waals surface area (Å²) in [6, 6.07) is -4.47. The van der Waals surface area contributed by atoms with Gasteiger partial charge in [0.15, 0.2) is 5.96 Å². The molecule has 0 aliphatic heterocycles. The fourth-order valence-electron chi connectivity index (χ4n) is 5.00. The number of hydrogen-bond donors (Lipinski definition) is 10. The minimum atomic E-state index is -1.13. The summed E-state index contributed by atoms with van der Waals surface area (Å²) in [5.41, 5.74) is 17.1. The van der Waals surface area contributed by atoms with Crippen LogP contribution >= 0.6 is 0 Å².